The number of ether oxygens (including phenoxy) is 1. The maximum Gasteiger partial charge on any atom is 0.127 e. The molecule has 0 radical (unpaired) electrons. The molecule has 0 saturated heterocycles. The number of hydrogen-bond acceptors (Lipinski definition) is 1. The van der Waals surface area contributed by atoms with E-state index in [1.54, 1.807) is 0 Å². The highest BCUT2D eigenvalue weighted by atomic mass is 16.5. The Balaban J connectivity index is 1.68. The first-order chi connectivity index (χ1) is 10.4. The first-order valence-corrected chi connectivity index (χ1v) is 6.96. The summed E-state index contributed by atoms with van der Waals surface area (Å²) in [4.78, 5) is 0. The molecule has 3 aromatic carbocycles. The van der Waals surface area contributed by atoms with Crippen LogP contribution in [0.4, 0.5) is 0 Å². The minimum atomic E-state index is 0.845. The summed E-state index contributed by atoms with van der Waals surface area (Å²) in [6.07, 6.45) is 4.20. The van der Waals surface area contributed by atoms with Gasteiger partial charge in [-0.3, -0.25) is 0 Å². The van der Waals surface area contributed by atoms with Gasteiger partial charge in [-0.2, -0.15) is 0 Å². The SMILES string of the molecule is C(=Cc1ccc(Oc2ccccc2)cc1)c1ccccc1. The number of rotatable bonds is 4. The molecule has 0 spiro atoms. The zero-order chi connectivity index (χ0) is 14.3. The van der Waals surface area contributed by atoms with Gasteiger partial charge in [0.15, 0.2) is 0 Å². The highest BCUT2D eigenvalue weighted by Crippen LogP contribution is 2.21. The van der Waals surface area contributed by atoms with Gasteiger partial charge in [0, 0.05) is 0 Å². The van der Waals surface area contributed by atoms with E-state index in [4.69, 9.17) is 4.74 Å². The van der Waals surface area contributed by atoms with Gasteiger partial charge in [0.1, 0.15) is 11.5 Å². The van der Waals surface area contributed by atoms with Crippen LogP contribution in [0.2, 0.25) is 0 Å². The number of para-hydroxylation sites is 1. The first kappa shape index (κ1) is 13.2. The molecule has 3 aromatic rings. The quantitative estimate of drug-likeness (QED) is 0.558. The van der Waals surface area contributed by atoms with E-state index in [0.717, 1.165) is 17.1 Å². The molecule has 1 heteroatoms. The fourth-order valence-corrected chi connectivity index (χ4v) is 2.03. The van der Waals surface area contributed by atoms with Crippen LogP contribution in [0.3, 0.4) is 0 Å². The summed E-state index contributed by atoms with van der Waals surface area (Å²) < 4.78 is 5.77. The minimum Gasteiger partial charge on any atom is -0.457 e. The fraction of sp³-hybridized carbons (Fsp3) is 0. The average Bonchev–Trinajstić information content (AvgIpc) is 2.56. The molecule has 0 amide bonds. The van der Waals surface area contributed by atoms with Gasteiger partial charge in [-0.1, -0.05) is 72.8 Å². The van der Waals surface area contributed by atoms with E-state index in [-0.39, 0.29) is 0 Å². The highest BCUT2D eigenvalue weighted by molar-refractivity contribution is 5.69. The van der Waals surface area contributed by atoms with Crippen molar-refractivity contribution in [2.24, 2.45) is 0 Å². The predicted molar refractivity (Wildman–Crippen MR) is 88.3 cm³/mol. The Hall–Kier alpha value is -2.80. The van der Waals surface area contributed by atoms with Crippen molar-refractivity contribution in [3.05, 3.63) is 96.1 Å². The Morgan fingerprint density at radius 3 is 1.57 bits per heavy atom. The molecule has 0 aliphatic carbocycles. The molecule has 0 heterocycles. The normalized spacial score (nSPS) is 10.7. The van der Waals surface area contributed by atoms with Crippen LogP contribution < -0.4 is 4.74 Å². The van der Waals surface area contributed by atoms with Gasteiger partial charge in [-0.25, -0.2) is 0 Å². The molecule has 0 N–H and O–H groups in total. The predicted octanol–water partition coefficient (Wildman–Crippen LogP) is 5.65. The second kappa shape index (κ2) is 6.58. The summed E-state index contributed by atoms with van der Waals surface area (Å²) in [6, 6.07) is 28.1. The summed E-state index contributed by atoms with van der Waals surface area (Å²) in [7, 11) is 0. The van der Waals surface area contributed by atoms with Crippen LogP contribution in [0, 0.1) is 0 Å². The third kappa shape index (κ3) is 3.83. The van der Waals surface area contributed by atoms with Crippen LogP contribution in [0.25, 0.3) is 12.2 Å². The van der Waals surface area contributed by atoms with Gasteiger partial charge in [-0.15, -0.1) is 0 Å². The second-order valence-corrected chi connectivity index (χ2v) is 4.73. The van der Waals surface area contributed by atoms with E-state index in [1.807, 2.05) is 60.7 Å². The third-order valence-corrected chi connectivity index (χ3v) is 3.13. The summed E-state index contributed by atoms with van der Waals surface area (Å²) in [5.74, 6) is 1.70. The van der Waals surface area contributed by atoms with Gasteiger partial charge in [-0.05, 0) is 35.4 Å². The van der Waals surface area contributed by atoms with E-state index in [1.165, 1.54) is 5.56 Å². The molecule has 102 valence electrons. The van der Waals surface area contributed by atoms with Gasteiger partial charge >= 0.3 is 0 Å². The molecule has 0 saturated carbocycles. The van der Waals surface area contributed by atoms with Gasteiger partial charge < -0.3 is 4.74 Å². The van der Waals surface area contributed by atoms with Crippen molar-refractivity contribution < 1.29 is 4.74 Å². The van der Waals surface area contributed by atoms with E-state index >= 15 is 0 Å². The first-order valence-electron chi connectivity index (χ1n) is 6.96. The maximum absolute atomic E-state index is 5.77. The Morgan fingerprint density at radius 1 is 0.476 bits per heavy atom. The van der Waals surface area contributed by atoms with Gasteiger partial charge in [0.05, 0.1) is 0 Å². The smallest absolute Gasteiger partial charge is 0.127 e. The van der Waals surface area contributed by atoms with Crippen LogP contribution in [0.5, 0.6) is 11.5 Å². The fourth-order valence-electron chi connectivity index (χ4n) is 2.03. The highest BCUT2D eigenvalue weighted by Gasteiger charge is 1.95. The van der Waals surface area contributed by atoms with Crippen LogP contribution in [-0.4, -0.2) is 0 Å². The standard InChI is InChI=1S/C20H16O/c1-3-7-17(8-4-1)11-12-18-13-15-20(16-14-18)21-19-9-5-2-6-10-19/h1-16H. The second-order valence-electron chi connectivity index (χ2n) is 4.73. The monoisotopic (exact) mass is 272 g/mol. The molecule has 0 bridgehead atoms. The number of hydrogen-bond donors (Lipinski definition) is 0. The summed E-state index contributed by atoms with van der Waals surface area (Å²) in [5, 5.41) is 0. The van der Waals surface area contributed by atoms with Gasteiger partial charge in [0.25, 0.3) is 0 Å². The molecule has 3 rings (SSSR count). The molecule has 1 nitrogen and oxygen atoms in total. The van der Waals surface area contributed by atoms with Crippen LogP contribution in [-0.2, 0) is 0 Å². The lowest BCUT2D eigenvalue weighted by atomic mass is 10.1. The van der Waals surface area contributed by atoms with Crippen molar-refractivity contribution in [2.45, 2.75) is 0 Å². The largest absolute Gasteiger partial charge is 0.457 e. The van der Waals surface area contributed by atoms with Crippen molar-refractivity contribution >= 4 is 12.2 Å². The van der Waals surface area contributed by atoms with Crippen molar-refractivity contribution in [1.82, 2.24) is 0 Å². The molecule has 21 heavy (non-hydrogen) atoms. The van der Waals surface area contributed by atoms with Crippen molar-refractivity contribution in [2.75, 3.05) is 0 Å². The topological polar surface area (TPSA) is 9.23 Å². The van der Waals surface area contributed by atoms with Crippen LogP contribution in [0.15, 0.2) is 84.9 Å². The lowest BCUT2D eigenvalue weighted by Crippen LogP contribution is -1.83. The van der Waals surface area contributed by atoms with Crippen molar-refractivity contribution in [1.29, 1.82) is 0 Å². The Labute approximate surface area is 125 Å². The number of benzene rings is 3. The van der Waals surface area contributed by atoms with E-state index < -0.39 is 0 Å². The molecule has 0 atom stereocenters. The minimum absolute atomic E-state index is 0.845. The Kier molecular flexibility index (Phi) is 4.13. The van der Waals surface area contributed by atoms with Gasteiger partial charge in [0.2, 0.25) is 0 Å². The Morgan fingerprint density at radius 2 is 0.952 bits per heavy atom. The Bertz CT molecular complexity index is 698. The van der Waals surface area contributed by atoms with Crippen LogP contribution >= 0.6 is 0 Å². The summed E-state index contributed by atoms with van der Waals surface area (Å²) >= 11 is 0. The maximum atomic E-state index is 5.77. The zero-order valence-electron chi connectivity index (χ0n) is 11.6. The molecule has 0 aromatic heterocycles. The molecular formula is C20H16O. The molecule has 0 fully saturated rings. The lowest BCUT2D eigenvalue weighted by Gasteiger charge is -2.05. The lowest BCUT2D eigenvalue weighted by molar-refractivity contribution is 0.482. The molecule has 0 unspecified atom stereocenters. The summed E-state index contributed by atoms with van der Waals surface area (Å²) in [6.45, 7) is 0. The summed E-state index contributed by atoms with van der Waals surface area (Å²) in [5.41, 5.74) is 2.35. The van der Waals surface area contributed by atoms with Crippen molar-refractivity contribution in [3.63, 3.8) is 0 Å². The van der Waals surface area contributed by atoms with Crippen molar-refractivity contribution in [3.8, 4) is 11.5 Å². The van der Waals surface area contributed by atoms with E-state index in [0.29, 0.717) is 0 Å². The molecular weight excluding hydrogens is 256 g/mol. The third-order valence-electron chi connectivity index (χ3n) is 3.13. The molecule has 0 aliphatic heterocycles. The molecule has 0 aliphatic rings. The van der Waals surface area contributed by atoms with E-state index in [2.05, 4.69) is 36.4 Å². The van der Waals surface area contributed by atoms with E-state index in [9.17, 15) is 0 Å². The van der Waals surface area contributed by atoms with Crippen LogP contribution in [0.1, 0.15) is 11.1 Å². The average molecular weight is 272 g/mol. The zero-order valence-corrected chi connectivity index (χ0v) is 11.6.